The number of nitrogens with one attached hydrogen (secondary N) is 1. The lowest BCUT2D eigenvalue weighted by Gasteiger charge is -2.10. The van der Waals surface area contributed by atoms with E-state index < -0.39 is 0 Å². The molecule has 20 heavy (non-hydrogen) atoms. The average Bonchev–Trinajstić information content (AvgIpc) is 2.41. The topological polar surface area (TPSA) is 34.1 Å². The fourth-order valence-corrected chi connectivity index (χ4v) is 2.59. The van der Waals surface area contributed by atoms with E-state index in [1.807, 2.05) is 12.3 Å². The van der Waals surface area contributed by atoms with Gasteiger partial charge in [-0.25, -0.2) is 4.98 Å². The number of hydrogen-bond acceptors (Lipinski definition) is 3. The monoisotopic (exact) mass is 334 g/mol. The molecule has 0 radical (unpaired) electrons. The zero-order valence-corrected chi connectivity index (χ0v) is 13.6. The van der Waals surface area contributed by atoms with Gasteiger partial charge in [0.25, 0.3) is 0 Å². The molecule has 1 aromatic heterocycles. The van der Waals surface area contributed by atoms with Crippen molar-refractivity contribution in [3.8, 4) is 5.75 Å². The van der Waals surface area contributed by atoms with E-state index >= 15 is 0 Å². The molecule has 0 aliphatic heterocycles. The Morgan fingerprint density at radius 3 is 2.65 bits per heavy atom. The van der Waals surface area contributed by atoms with Crippen LogP contribution in [0.4, 0.5) is 5.82 Å². The highest BCUT2D eigenvalue weighted by Gasteiger charge is 2.02. The molecule has 1 aromatic carbocycles. The molecule has 0 aliphatic carbocycles. The number of methoxy groups -OCH3 is 1. The summed E-state index contributed by atoms with van der Waals surface area (Å²) in [6, 6.07) is 8.36. The van der Waals surface area contributed by atoms with E-state index in [2.05, 4.69) is 58.3 Å². The third kappa shape index (κ3) is 3.73. The van der Waals surface area contributed by atoms with Crippen LogP contribution in [0.5, 0.6) is 5.75 Å². The van der Waals surface area contributed by atoms with E-state index in [1.165, 1.54) is 11.1 Å². The van der Waals surface area contributed by atoms with Crippen molar-refractivity contribution in [1.29, 1.82) is 0 Å². The first-order chi connectivity index (χ1) is 9.60. The van der Waals surface area contributed by atoms with Crippen LogP contribution in [0.1, 0.15) is 16.7 Å². The van der Waals surface area contributed by atoms with Crippen LogP contribution in [0.25, 0.3) is 0 Å². The molecule has 0 amide bonds. The summed E-state index contributed by atoms with van der Waals surface area (Å²) in [6.45, 7) is 4.98. The smallest absolute Gasteiger partial charge is 0.128 e. The number of pyridine rings is 1. The summed E-state index contributed by atoms with van der Waals surface area (Å²) < 4.78 is 6.28. The van der Waals surface area contributed by atoms with E-state index in [9.17, 15) is 0 Å². The summed E-state index contributed by atoms with van der Waals surface area (Å²) in [7, 11) is 1.70. The number of anilines is 1. The fourth-order valence-electron chi connectivity index (χ4n) is 2.15. The maximum absolute atomic E-state index is 5.27. The van der Waals surface area contributed by atoms with Gasteiger partial charge >= 0.3 is 0 Å². The molecule has 0 atom stereocenters. The number of benzene rings is 1. The molecule has 0 bridgehead atoms. The van der Waals surface area contributed by atoms with Crippen LogP contribution in [-0.2, 0) is 6.42 Å². The Hall–Kier alpha value is -1.55. The molecule has 0 unspecified atom stereocenters. The van der Waals surface area contributed by atoms with E-state index in [1.54, 1.807) is 7.11 Å². The predicted molar refractivity (Wildman–Crippen MR) is 86.6 cm³/mol. The lowest BCUT2D eigenvalue weighted by molar-refractivity contribution is 0.411. The quantitative estimate of drug-likeness (QED) is 0.892. The van der Waals surface area contributed by atoms with Gasteiger partial charge in [0, 0.05) is 17.2 Å². The van der Waals surface area contributed by atoms with Gasteiger partial charge in [-0.2, -0.15) is 0 Å². The fraction of sp³-hybridized carbons (Fsp3) is 0.312. The number of rotatable bonds is 5. The first kappa shape index (κ1) is 14.9. The van der Waals surface area contributed by atoms with Gasteiger partial charge in [-0.1, -0.05) is 12.1 Å². The minimum absolute atomic E-state index is 0.862. The van der Waals surface area contributed by atoms with Crippen molar-refractivity contribution in [2.75, 3.05) is 19.0 Å². The number of ether oxygens (including phenoxy) is 1. The Morgan fingerprint density at radius 2 is 2.00 bits per heavy atom. The summed E-state index contributed by atoms with van der Waals surface area (Å²) in [5, 5.41) is 3.37. The lowest BCUT2D eigenvalue weighted by atomic mass is 10.1. The maximum Gasteiger partial charge on any atom is 0.128 e. The summed E-state index contributed by atoms with van der Waals surface area (Å²) in [4.78, 5) is 4.38. The average molecular weight is 335 g/mol. The zero-order valence-electron chi connectivity index (χ0n) is 12.0. The molecule has 3 nitrogen and oxygen atoms in total. The largest absolute Gasteiger partial charge is 0.496 e. The molecule has 0 fully saturated rings. The van der Waals surface area contributed by atoms with Crippen molar-refractivity contribution in [2.45, 2.75) is 20.3 Å². The molecule has 4 heteroatoms. The molecule has 1 N–H and O–H groups in total. The third-order valence-corrected chi connectivity index (χ3v) is 3.64. The van der Waals surface area contributed by atoms with E-state index in [4.69, 9.17) is 4.74 Å². The standard InChI is InChI=1S/C16H19BrN2O/c1-11-8-13(4-5-15(11)20-3)6-7-18-16-12(2)9-14(17)10-19-16/h4-5,8-10H,6-7H2,1-3H3,(H,18,19). The molecular weight excluding hydrogens is 316 g/mol. The van der Waals surface area contributed by atoms with E-state index in [-0.39, 0.29) is 0 Å². The first-order valence-corrected chi connectivity index (χ1v) is 7.39. The zero-order chi connectivity index (χ0) is 14.5. The highest BCUT2D eigenvalue weighted by Crippen LogP contribution is 2.19. The van der Waals surface area contributed by atoms with Crippen LogP contribution in [-0.4, -0.2) is 18.6 Å². The lowest BCUT2D eigenvalue weighted by Crippen LogP contribution is -2.07. The van der Waals surface area contributed by atoms with Crippen LogP contribution < -0.4 is 10.1 Å². The van der Waals surface area contributed by atoms with Crippen LogP contribution in [0.15, 0.2) is 34.9 Å². The molecule has 0 aliphatic rings. The molecule has 1 heterocycles. The molecule has 0 saturated heterocycles. The highest BCUT2D eigenvalue weighted by molar-refractivity contribution is 9.10. The van der Waals surface area contributed by atoms with Gasteiger partial charge in [0.15, 0.2) is 0 Å². The number of nitrogens with zero attached hydrogens (tertiary/aromatic N) is 1. The van der Waals surface area contributed by atoms with Crippen LogP contribution in [0.2, 0.25) is 0 Å². The first-order valence-electron chi connectivity index (χ1n) is 6.59. The second-order valence-electron chi connectivity index (χ2n) is 4.80. The van der Waals surface area contributed by atoms with Gasteiger partial charge in [0.05, 0.1) is 7.11 Å². The molecule has 2 aromatic rings. The molecule has 106 valence electrons. The highest BCUT2D eigenvalue weighted by atomic mass is 79.9. The molecular formula is C16H19BrN2O. The second-order valence-corrected chi connectivity index (χ2v) is 5.72. The van der Waals surface area contributed by atoms with Gasteiger partial charge < -0.3 is 10.1 Å². The molecule has 2 rings (SSSR count). The van der Waals surface area contributed by atoms with Crippen molar-refractivity contribution in [3.63, 3.8) is 0 Å². The van der Waals surface area contributed by atoms with Gasteiger partial charge in [-0.05, 0) is 65.0 Å². The maximum atomic E-state index is 5.27. The normalized spacial score (nSPS) is 10.4. The minimum Gasteiger partial charge on any atom is -0.496 e. The Balaban J connectivity index is 1.94. The Bertz CT molecular complexity index is 599. The second kappa shape index (κ2) is 6.75. The van der Waals surface area contributed by atoms with Crippen molar-refractivity contribution >= 4 is 21.7 Å². The Kier molecular flexibility index (Phi) is 5.01. The summed E-state index contributed by atoms with van der Waals surface area (Å²) in [5.41, 5.74) is 3.61. The number of aromatic nitrogens is 1. The van der Waals surface area contributed by atoms with Crippen molar-refractivity contribution in [2.24, 2.45) is 0 Å². The number of aryl methyl sites for hydroxylation is 2. The van der Waals surface area contributed by atoms with Gasteiger partial charge in [0.2, 0.25) is 0 Å². The number of halogens is 1. The summed E-state index contributed by atoms with van der Waals surface area (Å²) >= 11 is 3.42. The summed E-state index contributed by atoms with van der Waals surface area (Å²) in [6.07, 6.45) is 2.77. The van der Waals surface area contributed by atoms with Gasteiger partial charge in [-0.3, -0.25) is 0 Å². The number of hydrogen-bond donors (Lipinski definition) is 1. The van der Waals surface area contributed by atoms with Crippen molar-refractivity contribution < 1.29 is 4.74 Å². The predicted octanol–water partition coefficient (Wildman–Crippen LogP) is 4.12. The third-order valence-electron chi connectivity index (χ3n) is 3.21. The van der Waals surface area contributed by atoms with Crippen molar-refractivity contribution in [3.05, 3.63) is 51.6 Å². The molecule has 0 saturated carbocycles. The van der Waals surface area contributed by atoms with Crippen molar-refractivity contribution in [1.82, 2.24) is 4.98 Å². The summed E-state index contributed by atoms with van der Waals surface area (Å²) in [5.74, 6) is 1.88. The van der Waals surface area contributed by atoms with Crippen LogP contribution in [0, 0.1) is 13.8 Å². The van der Waals surface area contributed by atoms with Gasteiger partial charge in [-0.15, -0.1) is 0 Å². The Morgan fingerprint density at radius 1 is 1.20 bits per heavy atom. The van der Waals surface area contributed by atoms with Crippen LogP contribution in [0.3, 0.4) is 0 Å². The molecule has 0 spiro atoms. The van der Waals surface area contributed by atoms with E-state index in [0.29, 0.717) is 0 Å². The van der Waals surface area contributed by atoms with Gasteiger partial charge in [0.1, 0.15) is 11.6 Å². The van der Waals surface area contributed by atoms with E-state index in [0.717, 1.165) is 34.6 Å². The SMILES string of the molecule is COc1ccc(CCNc2ncc(Br)cc2C)cc1C. The minimum atomic E-state index is 0.862. The Labute approximate surface area is 128 Å². The van der Waals surface area contributed by atoms with Crippen LogP contribution >= 0.6 is 15.9 Å².